The number of aromatic nitrogens is 6. The van der Waals surface area contributed by atoms with Gasteiger partial charge in [0.1, 0.15) is 0 Å². The third kappa shape index (κ3) is 5.41. The molecule has 13 aromatic rings. The Hall–Kier alpha value is -8.61. The molecule has 0 saturated carbocycles. The second kappa shape index (κ2) is 14.0. The van der Waals surface area contributed by atoms with Gasteiger partial charge in [0.25, 0.3) is 0 Å². The van der Waals surface area contributed by atoms with E-state index in [2.05, 4.69) is 214 Å². The van der Waals surface area contributed by atoms with Crippen LogP contribution in [0.1, 0.15) is 0 Å². The van der Waals surface area contributed by atoms with E-state index in [4.69, 9.17) is 15.0 Å². The van der Waals surface area contributed by atoms with Crippen LogP contribution >= 0.6 is 0 Å². The molecule has 0 amide bonds. The van der Waals surface area contributed by atoms with Gasteiger partial charge in [-0.3, -0.25) is 4.57 Å². The maximum atomic E-state index is 5.65. The maximum Gasteiger partial charge on any atom is 0.238 e. The van der Waals surface area contributed by atoms with E-state index in [0.29, 0.717) is 17.6 Å². The van der Waals surface area contributed by atoms with E-state index in [9.17, 15) is 0 Å². The first kappa shape index (κ1) is 35.2. The smallest absolute Gasteiger partial charge is 0.238 e. The van der Waals surface area contributed by atoms with Gasteiger partial charge in [-0.15, -0.1) is 0 Å². The number of fused-ring (bicyclic) bond motifs is 9. The molecule has 0 aliphatic carbocycles. The Morgan fingerprint density at radius 1 is 0.254 bits per heavy atom. The summed E-state index contributed by atoms with van der Waals surface area (Å²) in [5, 5.41) is 6.98. The van der Waals surface area contributed by atoms with E-state index in [-0.39, 0.29) is 0 Å². The van der Waals surface area contributed by atoms with Crippen LogP contribution in [-0.2, 0) is 0 Å². The number of rotatable bonds is 6. The van der Waals surface area contributed by atoms with Crippen molar-refractivity contribution < 1.29 is 0 Å². The molecular formula is C57H36N6. The predicted octanol–water partition coefficient (Wildman–Crippen LogP) is 14.2. The third-order valence-electron chi connectivity index (χ3n) is 12.5. The summed E-state index contributed by atoms with van der Waals surface area (Å²) in [6, 6.07) is 77.4. The highest BCUT2D eigenvalue weighted by Crippen LogP contribution is 2.44. The molecule has 0 aliphatic heterocycles. The summed E-state index contributed by atoms with van der Waals surface area (Å²) in [4.78, 5) is 16.5. The van der Waals surface area contributed by atoms with Gasteiger partial charge < -0.3 is 9.13 Å². The van der Waals surface area contributed by atoms with E-state index in [1.54, 1.807) is 0 Å². The zero-order chi connectivity index (χ0) is 41.4. The van der Waals surface area contributed by atoms with E-state index in [1.165, 1.54) is 21.5 Å². The Balaban J connectivity index is 1.25. The molecule has 0 radical (unpaired) electrons. The standard InChI is InChI=1S/C57H36N6/c1-3-19-37(20-4-1)39-35-52(61-46-29-13-7-23-40(46)41-24-8-14-30-47(41)61)54(53(36-39)62-48-31-15-9-25-42(48)43-26-10-16-32-49(43)62)56-58-55(38-21-5-2-6-22-38)59-57(60-56)63-50-33-17-11-27-44(50)45-28-12-18-34-51(45)63/h1-36H. The highest BCUT2D eigenvalue weighted by molar-refractivity contribution is 6.12. The molecular weight excluding hydrogens is 769 g/mol. The first-order valence-electron chi connectivity index (χ1n) is 21.3. The van der Waals surface area contributed by atoms with Crippen molar-refractivity contribution in [1.29, 1.82) is 0 Å². The fourth-order valence-corrected chi connectivity index (χ4v) is 9.79. The van der Waals surface area contributed by atoms with Crippen molar-refractivity contribution in [3.05, 3.63) is 218 Å². The van der Waals surface area contributed by atoms with Crippen molar-refractivity contribution in [1.82, 2.24) is 28.7 Å². The van der Waals surface area contributed by atoms with Gasteiger partial charge >= 0.3 is 0 Å². The predicted molar refractivity (Wildman–Crippen MR) is 259 cm³/mol. The Morgan fingerprint density at radius 2 is 0.571 bits per heavy atom. The van der Waals surface area contributed by atoms with E-state index >= 15 is 0 Å². The Bertz CT molecular complexity index is 3620. The summed E-state index contributed by atoms with van der Waals surface area (Å²) in [6.45, 7) is 0. The summed E-state index contributed by atoms with van der Waals surface area (Å²) in [6.07, 6.45) is 0. The van der Waals surface area contributed by atoms with Crippen LogP contribution in [0.4, 0.5) is 0 Å². The van der Waals surface area contributed by atoms with Gasteiger partial charge in [0.2, 0.25) is 5.95 Å². The van der Waals surface area contributed by atoms with Gasteiger partial charge in [0.15, 0.2) is 11.6 Å². The van der Waals surface area contributed by atoms with Crippen LogP contribution in [0.15, 0.2) is 218 Å². The number of para-hydroxylation sites is 6. The quantitative estimate of drug-likeness (QED) is 0.168. The van der Waals surface area contributed by atoms with E-state index in [0.717, 1.165) is 77.5 Å². The van der Waals surface area contributed by atoms with Crippen molar-refractivity contribution in [2.24, 2.45) is 0 Å². The summed E-state index contributed by atoms with van der Waals surface area (Å²) in [5.41, 5.74) is 12.3. The lowest BCUT2D eigenvalue weighted by molar-refractivity contribution is 0.949. The first-order valence-corrected chi connectivity index (χ1v) is 21.3. The topological polar surface area (TPSA) is 53.5 Å². The molecule has 294 valence electrons. The largest absolute Gasteiger partial charge is 0.308 e. The number of benzene rings is 9. The van der Waals surface area contributed by atoms with Crippen molar-refractivity contribution in [2.45, 2.75) is 0 Å². The van der Waals surface area contributed by atoms with Crippen LogP contribution in [0.2, 0.25) is 0 Å². The second-order valence-electron chi connectivity index (χ2n) is 16.0. The van der Waals surface area contributed by atoms with Gasteiger partial charge in [-0.25, -0.2) is 4.98 Å². The van der Waals surface area contributed by atoms with Gasteiger partial charge in [-0.2, -0.15) is 9.97 Å². The molecule has 0 spiro atoms. The number of nitrogens with zero attached hydrogens (tertiary/aromatic N) is 6. The average molecular weight is 805 g/mol. The van der Waals surface area contributed by atoms with Gasteiger partial charge in [0, 0.05) is 37.9 Å². The monoisotopic (exact) mass is 804 g/mol. The summed E-state index contributed by atoms with van der Waals surface area (Å²) >= 11 is 0. The van der Waals surface area contributed by atoms with Crippen molar-refractivity contribution in [2.75, 3.05) is 0 Å². The summed E-state index contributed by atoms with van der Waals surface area (Å²) in [7, 11) is 0. The molecule has 13 rings (SSSR count). The van der Waals surface area contributed by atoms with Crippen LogP contribution in [0, 0.1) is 0 Å². The van der Waals surface area contributed by atoms with Gasteiger partial charge in [0.05, 0.1) is 50.0 Å². The van der Waals surface area contributed by atoms with Crippen molar-refractivity contribution in [3.63, 3.8) is 0 Å². The molecule has 6 heteroatoms. The van der Waals surface area contributed by atoms with E-state index in [1.807, 2.05) is 18.2 Å². The summed E-state index contributed by atoms with van der Waals surface area (Å²) in [5.74, 6) is 1.70. The first-order chi connectivity index (χ1) is 31.3. The van der Waals surface area contributed by atoms with Gasteiger partial charge in [-0.1, -0.05) is 170 Å². The van der Waals surface area contributed by atoms with E-state index < -0.39 is 0 Å². The molecule has 0 fully saturated rings. The fourth-order valence-electron chi connectivity index (χ4n) is 9.79. The maximum absolute atomic E-state index is 5.65. The molecule has 63 heavy (non-hydrogen) atoms. The van der Waals surface area contributed by atoms with Crippen LogP contribution in [-0.4, -0.2) is 28.7 Å². The lowest BCUT2D eigenvalue weighted by Gasteiger charge is -2.22. The molecule has 0 N–H and O–H groups in total. The molecule has 0 saturated heterocycles. The molecule has 4 heterocycles. The minimum atomic E-state index is 0.546. The van der Waals surface area contributed by atoms with Gasteiger partial charge in [-0.05, 0) is 59.7 Å². The van der Waals surface area contributed by atoms with Crippen LogP contribution in [0.3, 0.4) is 0 Å². The number of hydrogen-bond donors (Lipinski definition) is 0. The Kier molecular flexibility index (Phi) is 7.80. The molecule has 6 nitrogen and oxygen atoms in total. The molecule has 9 aromatic carbocycles. The van der Waals surface area contributed by atoms with Crippen molar-refractivity contribution >= 4 is 65.4 Å². The lowest BCUT2D eigenvalue weighted by Crippen LogP contribution is -2.10. The van der Waals surface area contributed by atoms with Crippen molar-refractivity contribution in [3.8, 4) is 51.2 Å². The second-order valence-corrected chi connectivity index (χ2v) is 16.0. The molecule has 0 unspecified atom stereocenters. The highest BCUT2D eigenvalue weighted by Gasteiger charge is 2.27. The SMILES string of the molecule is c1ccc(-c2cc(-n3c4ccccc4c4ccccc43)c(-c3nc(-c4ccccc4)nc(-n4c5ccccc5c5ccccc54)n3)c(-n3c4ccccc4c4ccccc43)c2)cc1. The zero-order valence-corrected chi connectivity index (χ0v) is 34.0. The fraction of sp³-hybridized carbons (Fsp3) is 0. The minimum absolute atomic E-state index is 0.546. The average Bonchev–Trinajstić information content (AvgIpc) is 4.00. The van der Waals surface area contributed by atoms with Crippen LogP contribution < -0.4 is 0 Å². The van der Waals surface area contributed by atoms with Crippen LogP contribution in [0.25, 0.3) is 117 Å². The minimum Gasteiger partial charge on any atom is -0.308 e. The molecule has 4 aromatic heterocycles. The zero-order valence-electron chi connectivity index (χ0n) is 34.0. The summed E-state index contributed by atoms with van der Waals surface area (Å²) < 4.78 is 7.02. The lowest BCUT2D eigenvalue weighted by atomic mass is 9.98. The number of hydrogen-bond acceptors (Lipinski definition) is 3. The van der Waals surface area contributed by atoms with Crippen LogP contribution in [0.5, 0.6) is 0 Å². The highest BCUT2D eigenvalue weighted by atomic mass is 15.2. The Labute approximate surface area is 362 Å². The molecule has 0 bridgehead atoms. The molecule has 0 atom stereocenters. The Morgan fingerprint density at radius 3 is 0.968 bits per heavy atom. The molecule has 0 aliphatic rings. The third-order valence-corrected chi connectivity index (χ3v) is 12.5. The normalized spacial score (nSPS) is 11.8.